The Morgan fingerprint density at radius 2 is 1.93 bits per heavy atom. The number of thiol groups is 1. The van der Waals surface area contributed by atoms with Crippen LogP contribution >= 0.6 is 12.6 Å². The molecule has 1 rings (SSSR count). The summed E-state index contributed by atoms with van der Waals surface area (Å²) in [6.45, 7) is 3.99. The van der Waals surface area contributed by atoms with Gasteiger partial charge in [0.05, 0.1) is 0 Å². The molecular formula is C12H14OS. The first-order valence-corrected chi connectivity index (χ1v) is 5.07. The molecule has 1 aromatic carbocycles. The van der Waals surface area contributed by atoms with Crippen LogP contribution in [0, 0.1) is 12.3 Å². The second kappa shape index (κ2) is 4.43. The fraction of sp³-hybridized carbons (Fsp3) is 0.333. The molecule has 0 spiro atoms. The summed E-state index contributed by atoms with van der Waals surface area (Å²) in [5, 5.41) is 0. The molecule has 1 nitrogen and oxygen atoms in total. The van der Waals surface area contributed by atoms with Crippen LogP contribution in [0.25, 0.3) is 0 Å². The van der Waals surface area contributed by atoms with Crippen LogP contribution in [0.3, 0.4) is 0 Å². The monoisotopic (exact) mass is 206 g/mol. The maximum atomic E-state index is 5.71. The SMILES string of the molecule is C#Cc1ccc(OC(C)(C)CS)cc1. The zero-order chi connectivity index (χ0) is 10.6. The molecule has 74 valence electrons. The van der Waals surface area contributed by atoms with Crippen molar-refractivity contribution in [3.05, 3.63) is 29.8 Å². The lowest BCUT2D eigenvalue weighted by Gasteiger charge is -2.24. The van der Waals surface area contributed by atoms with Gasteiger partial charge in [0.15, 0.2) is 0 Å². The van der Waals surface area contributed by atoms with E-state index in [1.807, 2.05) is 38.1 Å². The minimum absolute atomic E-state index is 0.249. The van der Waals surface area contributed by atoms with Crippen molar-refractivity contribution in [2.24, 2.45) is 0 Å². The Hall–Kier alpha value is -1.07. The van der Waals surface area contributed by atoms with E-state index in [0.717, 1.165) is 11.3 Å². The lowest BCUT2D eigenvalue weighted by Crippen LogP contribution is -2.30. The van der Waals surface area contributed by atoms with Crippen molar-refractivity contribution in [3.63, 3.8) is 0 Å². The number of ether oxygens (including phenoxy) is 1. The third-order valence-electron chi connectivity index (χ3n) is 1.80. The third kappa shape index (κ3) is 3.01. The van der Waals surface area contributed by atoms with Gasteiger partial charge in [0.25, 0.3) is 0 Å². The molecule has 0 amide bonds. The lowest BCUT2D eigenvalue weighted by atomic mass is 10.1. The summed E-state index contributed by atoms with van der Waals surface area (Å²) in [5.41, 5.74) is 0.613. The smallest absolute Gasteiger partial charge is 0.120 e. The minimum Gasteiger partial charge on any atom is -0.487 e. The fourth-order valence-corrected chi connectivity index (χ4v) is 1.04. The van der Waals surface area contributed by atoms with Crippen LogP contribution in [0.4, 0.5) is 0 Å². The minimum atomic E-state index is -0.249. The quantitative estimate of drug-likeness (QED) is 0.591. The highest BCUT2D eigenvalue weighted by atomic mass is 32.1. The van der Waals surface area contributed by atoms with E-state index in [0.29, 0.717) is 5.75 Å². The Morgan fingerprint density at radius 3 is 2.36 bits per heavy atom. The summed E-state index contributed by atoms with van der Waals surface area (Å²) in [4.78, 5) is 0. The summed E-state index contributed by atoms with van der Waals surface area (Å²) in [6.07, 6.45) is 5.25. The van der Waals surface area contributed by atoms with E-state index >= 15 is 0 Å². The second-order valence-corrected chi connectivity index (χ2v) is 4.00. The van der Waals surface area contributed by atoms with E-state index in [9.17, 15) is 0 Å². The summed E-state index contributed by atoms with van der Waals surface area (Å²) >= 11 is 4.21. The summed E-state index contributed by atoms with van der Waals surface area (Å²) < 4.78 is 5.71. The Bertz CT molecular complexity index is 332. The van der Waals surface area contributed by atoms with Gasteiger partial charge in [-0.15, -0.1) is 6.42 Å². The van der Waals surface area contributed by atoms with Crippen LogP contribution in [0.15, 0.2) is 24.3 Å². The molecule has 2 heteroatoms. The molecule has 0 saturated heterocycles. The highest BCUT2D eigenvalue weighted by Crippen LogP contribution is 2.19. The third-order valence-corrected chi connectivity index (χ3v) is 2.56. The first-order chi connectivity index (χ1) is 6.57. The standard InChI is InChI=1S/C12H14OS/c1-4-10-5-7-11(8-6-10)13-12(2,3)9-14/h1,5-8,14H,9H2,2-3H3. The van der Waals surface area contributed by atoms with Gasteiger partial charge < -0.3 is 4.74 Å². The average Bonchev–Trinajstić information content (AvgIpc) is 2.19. The molecule has 1 aromatic rings. The van der Waals surface area contributed by atoms with Crippen molar-refractivity contribution in [1.82, 2.24) is 0 Å². The predicted molar refractivity (Wildman–Crippen MR) is 62.9 cm³/mol. The molecule has 0 aromatic heterocycles. The lowest BCUT2D eigenvalue weighted by molar-refractivity contribution is 0.136. The van der Waals surface area contributed by atoms with Gasteiger partial charge in [-0.1, -0.05) is 5.92 Å². The first-order valence-electron chi connectivity index (χ1n) is 4.44. The molecule has 0 N–H and O–H groups in total. The van der Waals surface area contributed by atoms with E-state index in [-0.39, 0.29) is 5.60 Å². The first kappa shape index (κ1) is 11.0. The van der Waals surface area contributed by atoms with E-state index in [1.54, 1.807) is 0 Å². The van der Waals surface area contributed by atoms with Crippen molar-refractivity contribution >= 4 is 12.6 Å². The van der Waals surface area contributed by atoms with Crippen molar-refractivity contribution < 1.29 is 4.74 Å². The van der Waals surface area contributed by atoms with Crippen molar-refractivity contribution in [3.8, 4) is 18.1 Å². The van der Waals surface area contributed by atoms with E-state index < -0.39 is 0 Å². The Kier molecular flexibility index (Phi) is 3.49. The van der Waals surface area contributed by atoms with Gasteiger partial charge >= 0.3 is 0 Å². The molecule has 0 saturated carbocycles. The van der Waals surface area contributed by atoms with Crippen LogP contribution in [0.5, 0.6) is 5.75 Å². The van der Waals surface area contributed by atoms with E-state index in [1.165, 1.54) is 0 Å². The largest absolute Gasteiger partial charge is 0.487 e. The van der Waals surface area contributed by atoms with E-state index in [2.05, 4.69) is 18.5 Å². The molecule has 0 aliphatic heterocycles. The molecule has 0 bridgehead atoms. The number of benzene rings is 1. The van der Waals surface area contributed by atoms with Gasteiger partial charge in [-0.05, 0) is 38.1 Å². The highest BCUT2D eigenvalue weighted by Gasteiger charge is 2.16. The molecular weight excluding hydrogens is 192 g/mol. The number of rotatable bonds is 3. The van der Waals surface area contributed by atoms with Gasteiger partial charge in [-0.3, -0.25) is 0 Å². The maximum absolute atomic E-state index is 5.71. The van der Waals surface area contributed by atoms with Crippen molar-refractivity contribution in [1.29, 1.82) is 0 Å². The second-order valence-electron chi connectivity index (χ2n) is 3.69. The van der Waals surface area contributed by atoms with Crippen LogP contribution in [-0.4, -0.2) is 11.4 Å². The maximum Gasteiger partial charge on any atom is 0.120 e. The molecule has 0 aliphatic carbocycles. The molecule has 0 aliphatic rings. The Labute approximate surface area is 90.9 Å². The molecule has 0 atom stereocenters. The van der Waals surface area contributed by atoms with Crippen LogP contribution < -0.4 is 4.74 Å². The summed E-state index contributed by atoms with van der Waals surface area (Å²) in [5.74, 6) is 4.05. The molecule has 14 heavy (non-hydrogen) atoms. The zero-order valence-electron chi connectivity index (χ0n) is 8.45. The Balaban J connectivity index is 2.75. The predicted octanol–water partition coefficient (Wildman–Crippen LogP) is 2.76. The van der Waals surface area contributed by atoms with E-state index in [4.69, 9.17) is 11.2 Å². The van der Waals surface area contributed by atoms with Gasteiger partial charge in [0.1, 0.15) is 11.4 Å². The average molecular weight is 206 g/mol. The van der Waals surface area contributed by atoms with Gasteiger partial charge in [-0.2, -0.15) is 12.6 Å². The van der Waals surface area contributed by atoms with Gasteiger partial charge in [-0.25, -0.2) is 0 Å². The van der Waals surface area contributed by atoms with Crippen molar-refractivity contribution in [2.45, 2.75) is 19.4 Å². The number of terminal acetylenes is 1. The summed E-state index contributed by atoms with van der Waals surface area (Å²) in [6, 6.07) is 7.48. The normalized spacial score (nSPS) is 10.7. The van der Waals surface area contributed by atoms with Crippen molar-refractivity contribution in [2.75, 3.05) is 5.75 Å². The highest BCUT2D eigenvalue weighted by molar-refractivity contribution is 7.80. The Morgan fingerprint density at radius 1 is 1.36 bits per heavy atom. The molecule has 0 unspecified atom stereocenters. The number of hydrogen-bond donors (Lipinski definition) is 1. The van der Waals surface area contributed by atoms with Crippen LogP contribution in [-0.2, 0) is 0 Å². The summed E-state index contributed by atoms with van der Waals surface area (Å²) in [7, 11) is 0. The van der Waals surface area contributed by atoms with Crippen LogP contribution in [0.2, 0.25) is 0 Å². The van der Waals surface area contributed by atoms with Gasteiger partial charge in [0, 0.05) is 11.3 Å². The molecule has 0 fully saturated rings. The molecule has 0 heterocycles. The zero-order valence-corrected chi connectivity index (χ0v) is 9.34. The van der Waals surface area contributed by atoms with Crippen LogP contribution in [0.1, 0.15) is 19.4 Å². The van der Waals surface area contributed by atoms with Gasteiger partial charge in [0.2, 0.25) is 0 Å². The molecule has 0 radical (unpaired) electrons. The topological polar surface area (TPSA) is 9.23 Å². The number of hydrogen-bond acceptors (Lipinski definition) is 2. The fourth-order valence-electron chi connectivity index (χ4n) is 0.971.